The van der Waals surface area contributed by atoms with Gasteiger partial charge in [0.1, 0.15) is 5.69 Å². The van der Waals surface area contributed by atoms with Crippen molar-refractivity contribution in [2.75, 3.05) is 40.0 Å². The van der Waals surface area contributed by atoms with Crippen LogP contribution in [0.2, 0.25) is 0 Å². The maximum atomic E-state index is 12.5. The summed E-state index contributed by atoms with van der Waals surface area (Å²) in [7, 11) is 0. The van der Waals surface area contributed by atoms with Crippen molar-refractivity contribution in [3.05, 3.63) is 37.9 Å². The average molecular weight is 592 g/mol. The van der Waals surface area contributed by atoms with E-state index in [2.05, 4.69) is 50.5 Å². The van der Waals surface area contributed by atoms with Gasteiger partial charge in [0.25, 0.3) is 17.3 Å². The molecule has 10 nitrogen and oxygen atoms in total. The molecule has 12 heteroatoms. The van der Waals surface area contributed by atoms with Crippen molar-refractivity contribution in [1.29, 1.82) is 0 Å². The molecule has 0 aliphatic rings. The molecule has 1 aromatic rings. The van der Waals surface area contributed by atoms with Crippen LogP contribution in [0.3, 0.4) is 0 Å². The molecule has 0 bridgehead atoms. The number of hydrogen-bond acceptors (Lipinski definition) is 7. The minimum absolute atomic E-state index is 0.0791. The monoisotopic (exact) mass is 592 g/mol. The van der Waals surface area contributed by atoms with Gasteiger partial charge in [0.15, 0.2) is 0 Å². The molecule has 0 saturated carbocycles. The molecule has 26 heavy (non-hydrogen) atoms. The van der Waals surface area contributed by atoms with E-state index in [-0.39, 0.29) is 24.4 Å². The number of alkyl halides is 2. The standard InChI is InChI=1S/C14H18I2N4O6/c15-2-5-18(6-3-16)13-11(14(22)17-4-1-7-21)8-10(19(23)24)9-12(13)20(25)26/h8-9,21H,1-7H2,(H,17,22). The van der Waals surface area contributed by atoms with E-state index in [0.29, 0.717) is 28.4 Å². The van der Waals surface area contributed by atoms with Crippen molar-refractivity contribution >= 4 is 68.2 Å². The minimum Gasteiger partial charge on any atom is -0.396 e. The van der Waals surface area contributed by atoms with Gasteiger partial charge in [-0.25, -0.2) is 0 Å². The zero-order valence-corrected chi connectivity index (χ0v) is 18.0. The average Bonchev–Trinajstić information content (AvgIpc) is 2.60. The van der Waals surface area contributed by atoms with Crippen LogP contribution in [-0.4, -0.2) is 56.0 Å². The molecular formula is C14H18I2N4O6. The first-order chi connectivity index (χ1) is 12.4. The number of nitro groups is 2. The molecule has 0 aliphatic carbocycles. The van der Waals surface area contributed by atoms with Gasteiger partial charge in [-0.05, 0) is 6.42 Å². The van der Waals surface area contributed by atoms with Crippen molar-refractivity contribution in [2.45, 2.75) is 6.42 Å². The smallest absolute Gasteiger partial charge is 0.300 e. The molecule has 1 aromatic carbocycles. The first-order valence-corrected chi connectivity index (χ1v) is 10.6. The lowest BCUT2D eigenvalue weighted by Crippen LogP contribution is -2.32. The predicted molar refractivity (Wildman–Crippen MR) is 114 cm³/mol. The van der Waals surface area contributed by atoms with E-state index >= 15 is 0 Å². The molecule has 0 heterocycles. The van der Waals surface area contributed by atoms with E-state index in [9.17, 15) is 25.0 Å². The highest BCUT2D eigenvalue weighted by molar-refractivity contribution is 14.1. The first kappa shape index (κ1) is 22.8. The van der Waals surface area contributed by atoms with Crippen LogP contribution in [0.25, 0.3) is 0 Å². The Bertz CT molecular complexity index is 667. The molecule has 0 aliphatic heterocycles. The highest BCUT2D eigenvalue weighted by Crippen LogP contribution is 2.36. The maximum Gasteiger partial charge on any atom is 0.300 e. The summed E-state index contributed by atoms with van der Waals surface area (Å²) in [6.07, 6.45) is 0.309. The Morgan fingerprint density at radius 1 is 1.15 bits per heavy atom. The highest BCUT2D eigenvalue weighted by atomic mass is 127. The Labute approximate surface area is 176 Å². The lowest BCUT2D eigenvalue weighted by Gasteiger charge is -2.25. The summed E-state index contributed by atoms with van der Waals surface area (Å²) in [6.45, 7) is 0.945. The molecule has 2 N–H and O–H groups in total. The lowest BCUT2D eigenvalue weighted by molar-refractivity contribution is -0.393. The molecule has 0 atom stereocenters. The fourth-order valence-electron chi connectivity index (χ4n) is 2.27. The minimum atomic E-state index is -0.762. The number of non-ortho nitro benzene ring substituents is 1. The van der Waals surface area contributed by atoms with Crippen LogP contribution in [0, 0.1) is 20.2 Å². The summed E-state index contributed by atoms with van der Waals surface area (Å²) < 4.78 is 1.32. The van der Waals surface area contributed by atoms with Gasteiger partial charge in [-0.2, -0.15) is 0 Å². The number of halogens is 2. The number of amides is 1. The lowest BCUT2D eigenvalue weighted by atomic mass is 10.1. The van der Waals surface area contributed by atoms with E-state index in [1.54, 1.807) is 4.90 Å². The number of aliphatic hydroxyl groups is 1. The van der Waals surface area contributed by atoms with E-state index in [0.717, 1.165) is 12.1 Å². The van der Waals surface area contributed by atoms with Gasteiger partial charge >= 0.3 is 0 Å². The van der Waals surface area contributed by atoms with E-state index in [1.807, 2.05) is 0 Å². The first-order valence-electron chi connectivity index (χ1n) is 7.60. The normalized spacial score (nSPS) is 10.4. The van der Waals surface area contributed by atoms with E-state index < -0.39 is 27.1 Å². The molecular weight excluding hydrogens is 574 g/mol. The molecule has 0 aromatic heterocycles. The number of aliphatic hydroxyl groups excluding tert-OH is 1. The molecule has 1 amide bonds. The fraction of sp³-hybridized carbons (Fsp3) is 0.500. The summed E-state index contributed by atoms with van der Waals surface area (Å²) in [5, 5.41) is 34.0. The summed E-state index contributed by atoms with van der Waals surface area (Å²) in [5.41, 5.74) is -1.02. The van der Waals surface area contributed by atoms with Crippen LogP contribution in [-0.2, 0) is 0 Å². The third kappa shape index (κ3) is 6.15. The Morgan fingerprint density at radius 3 is 2.23 bits per heavy atom. The van der Waals surface area contributed by atoms with Crippen molar-refractivity contribution in [3.63, 3.8) is 0 Å². The largest absolute Gasteiger partial charge is 0.396 e. The fourth-order valence-corrected chi connectivity index (χ4v) is 3.43. The number of nitrogens with one attached hydrogen (secondary N) is 1. The number of nitro benzene ring substituents is 2. The topological polar surface area (TPSA) is 139 Å². The van der Waals surface area contributed by atoms with Gasteiger partial charge in [-0.3, -0.25) is 25.0 Å². The second-order valence-corrected chi connectivity index (χ2v) is 7.23. The number of carbonyl (C=O) groups excluding carboxylic acids is 1. The van der Waals surface area contributed by atoms with Gasteiger partial charge in [-0.15, -0.1) is 0 Å². The second-order valence-electron chi connectivity index (χ2n) is 5.07. The molecule has 0 fully saturated rings. The molecule has 0 unspecified atom stereocenters. The van der Waals surface area contributed by atoms with Crippen LogP contribution in [0.4, 0.5) is 17.1 Å². The third-order valence-corrected chi connectivity index (χ3v) is 4.34. The van der Waals surface area contributed by atoms with Crippen LogP contribution in [0.1, 0.15) is 16.8 Å². The predicted octanol–water partition coefficient (Wildman–Crippen LogP) is 2.29. The molecule has 0 saturated heterocycles. The van der Waals surface area contributed by atoms with Gasteiger partial charge in [0.2, 0.25) is 0 Å². The number of anilines is 1. The van der Waals surface area contributed by atoms with Crippen LogP contribution in [0.15, 0.2) is 12.1 Å². The number of carbonyl (C=O) groups is 1. The molecule has 1 rings (SSSR count). The number of nitrogens with zero attached hydrogens (tertiary/aromatic N) is 3. The van der Waals surface area contributed by atoms with Gasteiger partial charge in [0.05, 0.1) is 21.5 Å². The Morgan fingerprint density at radius 2 is 1.77 bits per heavy atom. The zero-order valence-electron chi connectivity index (χ0n) is 13.7. The quantitative estimate of drug-likeness (QED) is 0.132. The summed E-state index contributed by atoms with van der Waals surface area (Å²) in [4.78, 5) is 35.4. The molecule has 144 valence electrons. The molecule has 0 spiro atoms. The SMILES string of the molecule is O=C(NCCCO)c1cc([N+](=O)[O-])cc([N+](=O)[O-])c1N(CCI)CCI. The second kappa shape index (κ2) is 11.4. The van der Waals surface area contributed by atoms with Crippen molar-refractivity contribution in [2.24, 2.45) is 0 Å². The van der Waals surface area contributed by atoms with Crippen molar-refractivity contribution in [1.82, 2.24) is 5.32 Å². The van der Waals surface area contributed by atoms with Gasteiger partial charge < -0.3 is 15.3 Å². The van der Waals surface area contributed by atoms with Crippen LogP contribution in [0.5, 0.6) is 0 Å². The van der Waals surface area contributed by atoms with Gasteiger partial charge in [-0.1, -0.05) is 45.2 Å². The Kier molecular flexibility index (Phi) is 10.0. The number of rotatable bonds is 11. The van der Waals surface area contributed by atoms with Gasteiger partial charge in [0, 0.05) is 41.2 Å². The Hall–Kier alpha value is -1.29. The van der Waals surface area contributed by atoms with Crippen LogP contribution < -0.4 is 10.2 Å². The zero-order chi connectivity index (χ0) is 19.7. The third-order valence-electron chi connectivity index (χ3n) is 3.37. The van der Waals surface area contributed by atoms with E-state index in [1.165, 1.54) is 0 Å². The maximum absolute atomic E-state index is 12.5. The number of hydrogen-bond donors (Lipinski definition) is 2. The van der Waals surface area contributed by atoms with E-state index in [4.69, 9.17) is 5.11 Å². The summed E-state index contributed by atoms with van der Waals surface area (Å²) in [6, 6.07) is 1.94. The van der Waals surface area contributed by atoms with Crippen molar-refractivity contribution < 1.29 is 19.7 Å². The van der Waals surface area contributed by atoms with Crippen LogP contribution >= 0.6 is 45.2 Å². The Balaban J connectivity index is 3.55. The van der Waals surface area contributed by atoms with Crippen molar-refractivity contribution in [3.8, 4) is 0 Å². The number of benzene rings is 1. The highest BCUT2D eigenvalue weighted by Gasteiger charge is 2.30. The summed E-state index contributed by atoms with van der Waals surface area (Å²) in [5.74, 6) is -0.646. The molecule has 0 radical (unpaired) electrons. The summed E-state index contributed by atoms with van der Waals surface area (Å²) >= 11 is 4.24.